The molecular weight excluding hydrogens is 654 g/mol. The van der Waals surface area contributed by atoms with Crippen LogP contribution in [0.2, 0.25) is 5.02 Å². The molecule has 3 aromatic heterocycles. The van der Waals surface area contributed by atoms with Crippen LogP contribution in [0.1, 0.15) is 50.0 Å². The van der Waals surface area contributed by atoms with E-state index in [1.807, 2.05) is 11.0 Å². The Labute approximate surface area is 286 Å². The molecule has 256 valence electrons. The van der Waals surface area contributed by atoms with Gasteiger partial charge in [0.05, 0.1) is 35.3 Å². The molecule has 11 rings (SSSR count). The van der Waals surface area contributed by atoms with Gasteiger partial charge in [0.15, 0.2) is 5.82 Å². The Morgan fingerprint density at radius 2 is 2.02 bits per heavy atom. The molecule has 11 nitrogen and oxygen atoms in total. The molecule has 4 saturated heterocycles. The standard InChI is InChI=1S/C35H37ClF2N8O3/c36-24-9-25-22(12-40-43-25)29-28(24)21-8-19(21)15-48-16-27(47)46-7-3-18-2-6-44(14-26(18)46)33-23-11-39-32(29)30(38)31(23)41-34(42-33)49-17-35-4-1-5-45(35)13-20(37)10-35/h9,11-12,18-21,26H,1-8,10,13-17H2,(H,40,43)/t18-,19-,20+,21-,26-,35-/m0/s1. The minimum atomic E-state index is -0.902. The summed E-state index contributed by atoms with van der Waals surface area (Å²) in [6.45, 7) is 3.82. The van der Waals surface area contributed by atoms with Gasteiger partial charge >= 0.3 is 6.01 Å². The predicted octanol–water partition coefficient (Wildman–Crippen LogP) is 4.88. The number of hydrogen-bond acceptors (Lipinski definition) is 9. The summed E-state index contributed by atoms with van der Waals surface area (Å²) < 4.78 is 44.3. The van der Waals surface area contributed by atoms with E-state index in [0.29, 0.717) is 77.8 Å². The van der Waals surface area contributed by atoms with Crippen molar-refractivity contribution in [3.05, 3.63) is 34.9 Å². The Morgan fingerprint density at radius 1 is 1.12 bits per heavy atom. The van der Waals surface area contributed by atoms with E-state index < -0.39 is 17.5 Å². The topological polar surface area (TPSA) is 113 Å². The maximum absolute atomic E-state index is 17.3. The number of anilines is 1. The maximum Gasteiger partial charge on any atom is 0.319 e. The van der Waals surface area contributed by atoms with Crippen LogP contribution in [0.4, 0.5) is 14.6 Å². The Hall–Kier alpha value is -3.68. The molecule has 6 aliphatic heterocycles. The van der Waals surface area contributed by atoms with Gasteiger partial charge in [0.2, 0.25) is 5.91 Å². The molecule has 1 N–H and O–H groups in total. The summed E-state index contributed by atoms with van der Waals surface area (Å²) in [6.07, 6.45) is 7.25. The van der Waals surface area contributed by atoms with Crippen molar-refractivity contribution in [3.63, 3.8) is 0 Å². The first-order valence-electron chi connectivity index (χ1n) is 17.5. The Morgan fingerprint density at radius 3 is 2.94 bits per heavy atom. The second-order valence-corrected chi connectivity index (χ2v) is 15.3. The smallest absolute Gasteiger partial charge is 0.319 e. The molecule has 6 bridgehead atoms. The average molecular weight is 691 g/mol. The van der Waals surface area contributed by atoms with Gasteiger partial charge in [0.25, 0.3) is 0 Å². The highest BCUT2D eigenvalue weighted by Gasteiger charge is 2.50. The van der Waals surface area contributed by atoms with Crippen LogP contribution in [0.5, 0.6) is 6.01 Å². The molecule has 14 heteroatoms. The highest BCUT2D eigenvalue weighted by Crippen LogP contribution is 2.54. The largest absolute Gasteiger partial charge is 0.461 e. The second-order valence-electron chi connectivity index (χ2n) is 14.9. The van der Waals surface area contributed by atoms with E-state index in [4.69, 9.17) is 36.0 Å². The number of nitrogens with one attached hydrogen (secondary N) is 1. The van der Waals surface area contributed by atoms with E-state index in [9.17, 15) is 9.18 Å². The number of H-pyrrole nitrogens is 1. The van der Waals surface area contributed by atoms with Gasteiger partial charge in [-0.2, -0.15) is 15.1 Å². The number of carbonyl (C=O) groups excluding carboxylic acids is 1. The third-order valence-electron chi connectivity index (χ3n) is 12.2. The number of ether oxygens (including phenoxy) is 2. The molecule has 0 radical (unpaired) electrons. The number of pyridine rings is 1. The SMILES string of the molecule is O=C1COC[C@@H]2C[C@@H]2c2c(Cl)cc3[nH]ncc3c2-c2ncc3c(nc(OC[C@@]45CCCN4C[C@H](F)C5)nc3c2F)N2CC[C@H]3CCN1[C@H]3C2. The molecule has 4 aromatic rings. The van der Waals surface area contributed by atoms with Crippen LogP contribution >= 0.6 is 11.6 Å². The number of nitrogens with zero attached hydrogens (tertiary/aromatic N) is 7. The zero-order valence-corrected chi connectivity index (χ0v) is 27.8. The van der Waals surface area contributed by atoms with Gasteiger partial charge in [-0.3, -0.25) is 19.8 Å². The number of hydrogen-bond donors (Lipinski definition) is 1. The number of aromatic nitrogens is 5. The molecule has 49 heavy (non-hydrogen) atoms. The minimum Gasteiger partial charge on any atom is -0.461 e. The van der Waals surface area contributed by atoms with Gasteiger partial charge in [-0.15, -0.1) is 0 Å². The number of piperidine rings is 1. The Bertz CT molecular complexity index is 2010. The minimum absolute atomic E-state index is 0.00480. The lowest BCUT2D eigenvalue weighted by Gasteiger charge is -2.39. The summed E-state index contributed by atoms with van der Waals surface area (Å²) in [5.41, 5.74) is 1.86. The van der Waals surface area contributed by atoms with Crippen molar-refractivity contribution in [3.8, 4) is 17.3 Å². The van der Waals surface area contributed by atoms with Gasteiger partial charge in [0, 0.05) is 54.8 Å². The first-order chi connectivity index (χ1) is 23.9. The summed E-state index contributed by atoms with van der Waals surface area (Å²) in [6, 6.07) is 1.87. The zero-order chi connectivity index (χ0) is 33.0. The van der Waals surface area contributed by atoms with Crippen molar-refractivity contribution >= 4 is 45.1 Å². The van der Waals surface area contributed by atoms with Crippen LogP contribution in [0, 0.1) is 17.7 Å². The average Bonchev–Trinajstić information content (AvgIpc) is 3.44. The number of fused-ring (bicyclic) bond motifs is 6. The fraction of sp³-hybridized carbons (Fsp3) is 0.571. The van der Waals surface area contributed by atoms with Gasteiger partial charge in [0.1, 0.15) is 36.4 Å². The van der Waals surface area contributed by atoms with Gasteiger partial charge in [-0.1, -0.05) is 11.6 Å². The fourth-order valence-corrected chi connectivity index (χ4v) is 9.99. The van der Waals surface area contributed by atoms with Crippen molar-refractivity contribution in [1.82, 2.24) is 34.9 Å². The van der Waals surface area contributed by atoms with E-state index in [0.717, 1.165) is 44.2 Å². The fourth-order valence-electron chi connectivity index (χ4n) is 9.65. The highest BCUT2D eigenvalue weighted by molar-refractivity contribution is 6.33. The van der Waals surface area contributed by atoms with Crippen molar-refractivity contribution in [2.45, 2.75) is 62.2 Å². The monoisotopic (exact) mass is 690 g/mol. The molecule has 0 spiro atoms. The van der Waals surface area contributed by atoms with Gasteiger partial charge < -0.3 is 19.3 Å². The van der Waals surface area contributed by atoms with Gasteiger partial charge in [-0.05, 0) is 68.0 Å². The molecule has 7 aliphatic rings. The molecule has 1 aromatic carbocycles. The van der Waals surface area contributed by atoms with Gasteiger partial charge in [-0.25, -0.2) is 8.78 Å². The molecule has 9 heterocycles. The van der Waals surface area contributed by atoms with Crippen molar-refractivity contribution in [2.24, 2.45) is 11.8 Å². The summed E-state index contributed by atoms with van der Waals surface area (Å²) in [4.78, 5) is 34.2. The number of aromatic amines is 1. The second kappa shape index (κ2) is 11.2. The summed E-state index contributed by atoms with van der Waals surface area (Å²) in [5.74, 6) is 0.433. The summed E-state index contributed by atoms with van der Waals surface area (Å²) in [5, 5.41) is 8.90. The van der Waals surface area contributed by atoms with E-state index in [1.54, 1.807) is 12.4 Å². The van der Waals surface area contributed by atoms with E-state index in [1.165, 1.54) is 0 Å². The molecular formula is C35H37ClF2N8O3. The van der Waals surface area contributed by atoms with Crippen molar-refractivity contribution < 1.29 is 23.0 Å². The van der Waals surface area contributed by atoms with Crippen LogP contribution in [0.25, 0.3) is 33.1 Å². The molecule has 1 amide bonds. The normalized spacial score (nSPS) is 31.1. The maximum atomic E-state index is 17.3. The van der Waals surface area contributed by atoms with E-state index >= 15 is 4.39 Å². The predicted molar refractivity (Wildman–Crippen MR) is 178 cm³/mol. The van der Waals surface area contributed by atoms with Crippen molar-refractivity contribution in [1.29, 1.82) is 0 Å². The van der Waals surface area contributed by atoms with Crippen LogP contribution in [0.15, 0.2) is 18.5 Å². The highest BCUT2D eigenvalue weighted by atomic mass is 35.5. The first kappa shape index (κ1) is 30.2. The van der Waals surface area contributed by atoms with Crippen LogP contribution in [0.3, 0.4) is 0 Å². The molecule has 1 saturated carbocycles. The number of amides is 1. The lowest BCUT2D eigenvalue weighted by molar-refractivity contribution is -0.137. The summed E-state index contributed by atoms with van der Waals surface area (Å²) in [7, 11) is 0. The number of carbonyl (C=O) groups is 1. The third kappa shape index (κ3) is 4.75. The van der Waals surface area contributed by atoms with E-state index in [2.05, 4.69) is 20.0 Å². The number of benzene rings is 1. The summed E-state index contributed by atoms with van der Waals surface area (Å²) >= 11 is 6.95. The Balaban J connectivity index is 1.14. The lowest BCUT2D eigenvalue weighted by atomic mass is 9.92. The van der Waals surface area contributed by atoms with Crippen LogP contribution < -0.4 is 9.64 Å². The quantitative estimate of drug-likeness (QED) is 0.322. The number of halogens is 3. The molecule has 1 aliphatic carbocycles. The Kier molecular flexibility index (Phi) is 6.87. The van der Waals surface area contributed by atoms with Crippen LogP contribution in [-0.4, -0.2) is 111 Å². The molecule has 6 atom stereocenters. The lowest BCUT2D eigenvalue weighted by Crippen LogP contribution is -2.51. The van der Waals surface area contributed by atoms with E-state index in [-0.39, 0.29) is 54.2 Å². The number of rotatable bonds is 3. The van der Waals surface area contributed by atoms with Crippen LogP contribution in [-0.2, 0) is 9.53 Å². The molecule has 0 unspecified atom stereocenters. The zero-order valence-electron chi connectivity index (χ0n) is 27.0. The first-order valence-corrected chi connectivity index (χ1v) is 17.9. The number of alkyl halides is 1. The molecule has 5 fully saturated rings. The van der Waals surface area contributed by atoms with Crippen molar-refractivity contribution in [2.75, 3.05) is 57.4 Å². The third-order valence-corrected chi connectivity index (χ3v) is 12.5.